The highest BCUT2D eigenvalue weighted by atomic mass is 28.4. The highest BCUT2D eigenvalue weighted by molar-refractivity contribution is 6.74. The molecule has 41 heavy (non-hydrogen) atoms. The van der Waals surface area contributed by atoms with E-state index in [1.165, 1.54) is 11.1 Å². The van der Waals surface area contributed by atoms with Gasteiger partial charge in [-0.2, -0.15) is 0 Å². The third-order valence-electron chi connectivity index (χ3n) is 9.76. The summed E-state index contributed by atoms with van der Waals surface area (Å²) in [6, 6.07) is 29.7. The van der Waals surface area contributed by atoms with E-state index in [1.807, 2.05) is 36.4 Å². The van der Waals surface area contributed by atoms with Gasteiger partial charge in [-0.15, -0.1) is 0 Å². The van der Waals surface area contributed by atoms with Crippen molar-refractivity contribution < 1.29 is 9.53 Å². The minimum Gasteiger partial charge on any atom is -0.410 e. The molecule has 1 N–H and O–H groups in total. The van der Waals surface area contributed by atoms with Crippen molar-refractivity contribution in [1.29, 1.82) is 0 Å². The molecule has 0 saturated carbocycles. The molecule has 4 heteroatoms. The molecular weight excluding hydrogens is 518 g/mol. The smallest absolute Gasteiger partial charge is 0.192 e. The average molecular weight is 572 g/mol. The van der Waals surface area contributed by atoms with Crippen LogP contribution in [0.5, 0.6) is 0 Å². The standard InChI is InChI=1S/C37H53NO2Si/c1-29(2)30-20-22-31(23-21-30)35(40-41(6,7)36(3,4)5)19-14-26-38-27-24-34(25-28-38)37(39,32-15-10-8-11-16-32)33-17-12-9-13-18-33/h8-13,15-18,20-23,29,34-35,39H,14,19,24-28H2,1-7H3. The van der Waals surface area contributed by atoms with Crippen molar-refractivity contribution in [3.63, 3.8) is 0 Å². The third kappa shape index (κ3) is 7.59. The normalized spacial score (nSPS) is 16.7. The molecule has 3 aromatic rings. The summed E-state index contributed by atoms with van der Waals surface area (Å²) in [5.41, 5.74) is 3.73. The Balaban J connectivity index is 1.40. The van der Waals surface area contributed by atoms with E-state index in [1.54, 1.807) is 0 Å². The Kier molecular flexibility index (Phi) is 10.3. The molecule has 3 aromatic carbocycles. The van der Waals surface area contributed by atoms with Crippen LogP contribution in [0.2, 0.25) is 18.1 Å². The third-order valence-corrected chi connectivity index (χ3v) is 14.3. The summed E-state index contributed by atoms with van der Waals surface area (Å²) in [7, 11) is -1.91. The van der Waals surface area contributed by atoms with Crippen LogP contribution in [0.25, 0.3) is 0 Å². The van der Waals surface area contributed by atoms with Crippen molar-refractivity contribution >= 4 is 8.32 Å². The highest BCUT2D eigenvalue weighted by Crippen LogP contribution is 2.43. The van der Waals surface area contributed by atoms with Crippen molar-refractivity contribution in [2.24, 2.45) is 5.92 Å². The fourth-order valence-corrected chi connectivity index (χ4v) is 7.34. The van der Waals surface area contributed by atoms with E-state index < -0.39 is 13.9 Å². The van der Waals surface area contributed by atoms with Crippen LogP contribution in [0.1, 0.15) is 94.6 Å². The SMILES string of the molecule is CC(C)c1ccc(C(CCCN2CCC(C(O)(c3ccccc3)c3ccccc3)CC2)O[Si](C)(C)C(C)(C)C)cc1. The number of aliphatic hydroxyl groups is 1. The Morgan fingerprint density at radius 1 is 0.805 bits per heavy atom. The molecule has 0 bridgehead atoms. The van der Waals surface area contributed by atoms with E-state index in [4.69, 9.17) is 4.43 Å². The fraction of sp³-hybridized carbons (Fsp3) is 0.514. The van der Waals surface area contributed by atoms with Gasteiger partial charge >= 0.3 is 0 Å². The van der Waals surface area contributed by atoms with Crippen LogP contribution in [0.4, 0.5) is 0 Å². The Morgan fingerprint density at radius 3 is 1.76 bits per heavy atom. The molecule has 1 aliphatic heterocycles. The lowest BCUT2D eigenvalue weighted by atomic mass is 9.72. The molecule has 4 rings (SSSR count). The van der Waals surface area contributed by atoms with Crippen molar-refractivity contribution in [3.8, 4) is 0 Å². The van der Waals surface area contributed by atoms with Gasteiger partial charge in [0.1, 0.15) is 5.60 Å². The molecular formula is C37H53NO2Si. The number of rotatable bonds is 11. The topological polar surface area (TPSA) is 32.7 Å². The first-order valence-electron chi connectivity index (χ1n) is 15.8. The molecule has 1 fully saturated rings. The molecule has 3 nitrogen and oxygen atoms in total. The van der Waals surface area contributed by atoms with Gasteiger partial charge in [-0.25, -0.2) is 0 Å². The largest absolute Gasteiger partial charge is 0.410 e. The van der Waals surface area contributed by atoms with Crippen LogP contribution < -0.4 is 0 Å². The summed E-state index contributed by atoms with van der Waals surface area (Å²) in [4.78, 5) is 2.60. The van der Waals surface area contributed by atoms with E-state index in [0.717, 1.165) is 56.4 Å². The predicted octanol–water partition coefficient (Wildman–Crippen LogP) is 9.30. The van der Waals surface area contributed by atoms with Gasteiger partial charge in [0.05, 0.1) is 6.10 Å². The number of piperidine rings is 1. The van der Waals surface area contributed by atoms with Crippen LogP contribution in [0.15, 0.2) is 84.9 Å². The Hall–Kier alpha value is -2.24. The zero-order chi connectivity index (χ0) is 29.7. The second-order valence-electron chi connectivity index (χ2n) is 13.9. The molecule has 0 spiro atoms. The first-order chi connectivity index (χ1) is 19.4. The van der Waals surface area contributed by atoms with Gasteiger partial charge in [-0.3, -0.25) is 0 Å². The van der Waals surface area contributed by atoms with Gasteiger partial charge in [0.15, 0.2) is 8.32 Å². The zero-order valence-electron chi connectivity index (χ0n) is 26.6. The van der Waals surface area contributed by atoms with Gasteiger partial charge in [0.2, 0.25) is 0 Å². The summed E-state index contributed by atoms with van der Waals surface area (Å²) in [5.74, 6) is 0.728. The van der Waals surface area contributed by atoms with Crippen molar-refractivity contribution in [2.45, 2.75) is 96.1 Å². The van der Waals surface area contributed by atoms with Crippen LogP contribution >= 0.6 is 0 Å². The molecule has 0 aromatic heterocycles. The number of hydrogen-bond donors (Lipinski definition) is 1. The molecule has 1 saturated heterocycles. The Morgan fingerprint density at radius 2 is 1.29 bits per heavy atom. The van der Waals surface area contributed by atoms with Gasteiger partial charge in [-0.1, -0.05) is 120 Å². The van der Waals surface area contributed by atoms with Gasteiger partial charge in [0.25, 0.3) is 0 Å². The van der Waals surface area contributed by atoms with E-state index in [9.17, 15) is 5.11 Å². The van der Waals surface area contributed by atoms with E-state index in [2.05, 4.69) is 101 Å². The summed E-state index contributed by atoms with van der Waals surface area (Å²) < 4.78 is 7.03. The Bertz CT molecular complexity index is 1150. The molecule has 1 aliphatic rings. The first-order valence-corrected chi connectivity index (χ1v) is 18.7. The predicted molar refractivity (Wildman–Crippen MR) is 176 cm³/mol. The van der Waals surface area contributed by atoms with Gasteiger partial charge in [-0.05, 0) is 97.5 Å². The molecule has 0 amide bonds. The molecule has 0 aliphatic carbocycles. The van der Waals surface area contributed by atoms with E-state index in [0.29, 0.717) is 5.92 Å². The Labute approximate surface area is 251 Å². The first kappa shape index (κ1) is 31.7. The lowest BCUT2D eigenvalue weighted by Gasteiger charge is -2.42. The second kappa shape index (κ2) is 13.4. The van der Waals surface area contributed by atoms with Gasteiger partial charge < -0.3 is 14.4 Å². The highest BCUT2D eigenvalue weighted by Gasteiger charge is 2.42. The monoisotopic (exact) mass is 571 g/mol. The number of likely N-dealkylation sites (tertiary alicyclic amines) is 1. The van der Waals surface area contributed by atoms with Crippen LogP contribution in [0, 0.1) is 5.92 Å². The van der Waals surface area contributed by atoms with Gasteiger partial charge in [0, 0.05) is 0 Å². The maximum atomic E-state index is 12.2. The second-order valence-corrected chi connectivity index (χ2v) is 18.7. The molecule has 222 valence electrons. The number of hydrogen-bond acceptors (Lipinski definition) is 3. The van der Waals surface area contributed by atoms with Crippen molar-refractivity contribution in [2.75, 3.05) is 19.6 Å². The minimum absolute atomic E-state index is 0.135. The van der Waals surface area contributed by atoms with Crippen LogP contribution in [-0.2, 0) is 10.0 Å². The van der Waals surface area contributed by atoms with Crippen LogP contribution in [0.3, 0.4) is 0 Å². The minimum atomic E-state index is -1.91. The summed E-state index contributed by atoms with van der Waals surface area (Å²) in [6.07, 6.45) is 4.25. The average Bonchev–Trinajstić information content (AvgIpc) is 2.97. The van der Waals surface area contributed by atoms with E-state index in [-0.39, 0.29) is 17.1 Å². The molecule has 1 unspecified atom stereocenters. The number of benzene rings is 3. The lowest BCUT2D eigenvalue weighted by molar-refractivity contribution is -0.0146. The lowest BCUT2D eigenvalue weighted by Crippen LogP contribution is -2.44. The van der Waals surface area contributed by atoms with E-state index >= 15 is 0 Å². The summed E-state index contributed by atoms with van der Waals surface area (Å²) in [6.45, 7) is 19.3. The van der Waals surface area contributed by atoms with Crippen molar-refractivity contribution in [1.82, 2.24) is 4.90 Å². The fourth-order valence-electron chi connectivity index (χ4n) is 6.02. The molecule has 1 atom stereocenters. The number of nitrogens with zero attached hydrogens (tertiary/aromatic N) is 1. The maximum Gasteiger partial charge on any atom is 0.192 e. The van der Waals surface area contributed by atoms with Crippen molar-refractivity contribution in [3.05, 3.63) is 107 Å². The zero-order valence-corrected chi connectivity index (χ0v) is 27.6. The summed E-state index contributed by atoms with van der Waals surface area (Å²) >= 11 is 0. The quantitative estimate of drug-likeness (QED) is 0.233. The summed E-state index contributed by atoms with van der Waals surface area (Å²) in [5, 5.41) is 12.4. The molecule has 0 radical (unpaired) electrons. The molecule has 1 heterocycles. The maximum absolute atomic E-state index is 12.2. The van der Waals surface area contributed by atoms with Crippen LogP contribution in [-0.4, -0.2) is 38.0 Å².